The maximum atomic E-state index is 6.10. The van der Waals surface area contributed by atoms with Crippen molar-refractivity contribution < 1.29 is 0 Å². The van der Waals surface area contributed by atoms with Gasteiger partial charge in [0, 0.05) is 37.7 Å². The highest BCUT2D eigenvalue weighted by Gasteiger charge is 2.10. The van der Waals surface area contributed by atoms with Crippen molar-refractivity contribution in [3.8, 4) is 0 Å². The largest absolute Gasteiger partial charge is 0.370 e. The zero-order valence-corrected chi connectivity index (χ0v) is 12.3. The predicted molar refractivity (Wildman–Crippen MR) is 84.8 cm³/mol. The fraction of sp³-hybridized carbons (Fsp3) is 0.353. The summed E-state index contributed by atoms with van der Waals surface area (Å²) in [5, 5.41) is 0. The van der Waals surface area contributed by atoms with Gasteiger partial charge in [0.05, 0.1) is 0 Å². The van der Waals surface area contributed by atoms with Crippen molar-refractivity contribution in [1.82, 2.24) is 4.98 Å². The molecule has 0 spiro atoms. The molecule has 0 amide bonds. The molecule has 2 rings (SSSR count). The summed E-state index contributed by atoms with van der Waals surface area (Å²) < 4.78 is 0. The van der Waals surface area contributed by atoms with E-state index in [9.17, 15) is 0 Å². The van der Waals surface area contributed by atoms with Gasteiger partial charge in [-0.25, -0.2) is 0 Å². The molecular weight excluding hydrogens is 246 g/mol. The Morgan fingerprint density at radius 2 is 1.85 bits per heavy atom. The van der Waals surface area contributed by atoms with Crippen LogP contribution in [0.1, 0.15) is 24.5 Å². The van der Waals surface area contributed by atoms with Crippen LogP contribution in [0.3, 0.4) is 0 Å². The molecule has 1 heterocycles. The van der Waals surface area contributed by atoms with E-state index >= 15 is 0 Å². The molecule has 0 aliphatic carbocycles. The number of benzene rings is 1. The Kier molecular flexibility index (Phi) is 5.13. The Balaban J connectivity index is 2.15. The van der Waals surface area contributed by atoms with Crippen LogP contribution >= 0.6 is 0 Å². The van der Waals surface area contributed by atoms with E-state index in [1.54, 1.807) is 0 Å². The van der Waals surface area contributed by atoms with E-state index in [4.69, 9.17) is 5.73 Å². The molecular formula is C17H23N3. The van der Waals surface area contributed by atoms with Gasteiger partial charge in [-0.15, -0.1) is 0 Å². The third kappa shape index (κ3) is 3.81. The summed E-state index contributed by atoms with van der Waals surface area (Å²) in [5.41, 5.74) is 9.94. The lowest BCUT2D eigenvalue weighted by molar-refractivity contribution is 0.645. The third-order valence-electron chi connectivity index (χ3n) is 3.58. The normalized spacial score (nSPS) is 12.2. The van der Waals surface area contributed by atoms with Crippen molar-refractivity contribution in [3.63, 3.8) is 0 Å². The van der Waals surface area contributed by atoms with Gasteiger partial charge in [0.1, 0.15) is 0 Å². The van der Waals surface area contributed by atoms with E-state index in [0.717, 1.165) is 19.4 Å². The SMILES string of the molecule is CCC(N)Cc1ccccc1N(C)Cc1ccncc1. The number of hydrogen-bond donors (Lipinski definition) is 1. The molecule has 20 heavy (non-hydrogen) atoms. The van der Waals surface area contributed by atoms with E-state index in [2.05, 4.69) is 60.3 Å². The van der Waals surface area contributed by atoms with Crippen LogP contribution in [0.5, 0.6) is 0 Å². The lowest BCUT2D eigenvalue weighted by atomic mass is 10.0. The van der Waals surface area contributed by atoms with E-state index in [1.807, 2.05) is 12.4 Å². The van der Waals surface area contributed by atoms with Crippen molar-refractivity contribution in [3.05, 3.63) is 59.9 Å². The first-order valence-corrected chi connectivity index (χ1v) is 7.14. The molecule has 0 bridgehead atoms. The minimum Gasteiger partial charge on any atom is -0.370 e. The van der Waals surface area contributed by atoms with E-state index in [1.165, 1.54) is 16.8 Å². The van der Waals surface area contributed by atoms with Gasteiger partial charge in [-0.1, -0.05) is 25.1 Å². The molecule has 2 aromatic rings. The summed E-state index contributed by atoms with van der Waals surface area (Å²) in [4.78, 5) is 6.33. The minimum absolute atomic E-state index is 0.227. The second-order valence-corrected chi connectivity index (χ2v) is 5.21. The summed E-state index contributed by atoms with van der Waals surface area (Å²) in [6.45, 7) is 3.01. The zero-order chi connectivity index (χ0) is 14.4. The molecule has 1 aromatic carbocycles. The van der Waals surface area contributed by atoms with Crippen molar-refractivity contribution in [2.45, 2.75) is 32.4 Å². The smallest absolute Gasteiger partial charge is 0.0427 e. The van der Waals surface area contributed by atoms with Gasteiger partial charge in [0.2, 0.25) is 0 Å². The average molecular weight is 269 g/mol. The first kappa shape index (κ1) is 14.5. The number of hydrogen-bond acceptors (Lipinski definition) is 3. The van der Waals surface area contributed by atoms with Crippen molar-refractivity contribution >= 4 is 5.69 Å². The second kappa shape index (κ2) is 7.06. The molecule has 1 unspecified atom stereocenters. The van der Waals surface area contributed by atoms with Crippen molar-refractivity contribution in [1.29, 1.82) is 0 Å². The standard InChI is InChI=1S/C17H23N3/c1-3-16(18)12-15-6-4-5-7-17(15)20(2)13-14-8-10-19-11-9-14/h4-11,16H,3,12-13,18H2,1-2H3. The molecule has 1 atom stereocenters. The second-order valence-electron chi connectivity index (χ2n) is 5.21. The number of rotatable bonds is 6. The first-order chi connectivity index (χ1) is 9.70. The fourth-order valence-corrected chi connectivity index (χ4v) is 2.33. The van der Waals surface area contributed by atoms with Crippen LogP contribution < -0.4 is 10.6 Å². The Morgan fingerprint density at radius 3 is 2.55 bits per heavy atom. The lowest BCUT2D eigenvalue weighted by Crippen LogP contribution is -2.24. The molecule has 106 valence electrons. The van der Waals surface area contributed by atoms with Gasteiger partial charge >= 0.3 is 0 Å². The highest BCUT2D eigenvalue weighted by molar-refractivity contribution is 5.53. The van der Waals surface area contributed by atoms with Crippen LogP contribution in [0, 0.1) is 0 Å². The van der Waals surface area contributed by atoms with Crippen molar-refractivity contribution in [2.24, 2.45) is 5.73 Å². The average Bonchev–Trinajstić information content (AvgIpc) is 2.48. The first-order valence-electron chi connectivity index (χ1n) is 7.14. The molecule has 2 N–H and O–H groups in total. The van der Waals surface area contributed by atoms with Crippen LogP contribution in [0.25, 0.3) is 0 Å². The molecule has 0 saturated carbocycles. The lowest BCUT2D eigenvalue weighted by Gasteiger charge is -2.23. The maximum absolute atomic E-state index is 6.10. The van der Waals surface area contributed by atoms with Gasteiger partial charge in [-0.2, -0.15) is 0 Å². The van der Waals surface area contributed by atoms with E-state index in [0.29, 0.717) is 0 Å². The van der Waals surface area contributed by atoms with Crippen LogP contribution in [0.15, 0.2) is 48.8 Å². The van der Waals surface area contributed by atoms with Gasteiger partial charge < -0.3 is 10.6 Å². The summed E-state index contributed by atoms with van der Waals surface area (Å²) in [6.07, 6.45) is 5.60. The molecule has 1 aromatic heterocycles. The molecule has 0 fully saturated rings. The molecule has 0 aliphatic heterocycles. The van der Waals surface area contributed by atoms with E-state index < -0.39 is 0 Å². The van der Waals surface area contributed by atoms with Gasteiger partial charge in [0.25, 0.3) is 0 Å². The highest BCUT2D eigenvalue weighted by Crippen LogP contribution is 2.22. The van der Waals surface area contributed by atoms with Gasteiger partial charge in [-0.05, 0) is 42.2 Å². The number of aromatic nitrogens is 1. The quantitative estimate of drug-likeness (QED) is 0.876. The highest BCUT2D eigenvalue weighted by atomic mass is 15.1. The predicted octanol–water partition coefficient (Wildman–Crippen LogP) is 3.00. The van der Waals surface area contributed by atoms with Crippen LogP contribution in [-0.2, 0) is 13.0 Å². The van der Waals surface area contributed by atoms with Gasteiger partial charge in [0.15, 0.2) is 0 Å². The van der Waals surface area contributed by atoms with Gasteiger partial charge in [-0.3, -0.25) is 4.98 Å². The Labute approximate surface area is 121 Å². The summed E-state index contributed by atoms with van der Waals surface area (Å²) in [6, 6.07) is 12.8. The molecule has 0 saturated heterocycles. The van der Waals surface area contributed by atoms with Crippen LogP contribution in [0.2, 0.25) is 0 Å². The fourth-order valence-electron chi connectivity index (χ4n) is 2.33. The Hall–Kier alpha value is -1.87. The summed E-state index contributed by atoms with van der Waals surface area (Å²) >= 11 is 0. The Bertz CT molecular complexity index is 525. The molecule has 0 radical (unpaired) electrons. The number of nitrogens with two attached hydrogens (primary N) is 1. The molecule has 3 nitrogen and oxygen atoms in total. The Morgan fingerprint density at radius 1 is 1.15 bits per heavy atom. The maximum Gasteiger partial charge on any atom is 0.0427 e. The third-order valence-corrected chi connectivity index (χ3v) is 3.58. The number of para-hydroxylation sites is 1. The zero-order valence-electron chi connectivity index (χ0n) is 12.3. The number of nitrogens with zero attached hydrogens (tertiary/aromatic N) is 2. The van der Waals surface area contributed by atoms with E-state index in [-0.39, 0.29) is 6.04 Å². The number of pyridine rings is 1. The summed E-state index contributed by atoms with van der Waals surface area (Å²) in [5.74, 6) is 0. The topological polar surface area (TPSA) is 42.1 Å². The molecule has 3 heteroatoms. The van der Waals surface area contributed by atoms with Crippen LogP contribution in [-0.4, -0.2) is 18.1 Å². The van der Waals surface area contributed by atoms with Crippen molar-refractivity contribution in [2.75, 3.05) is 11.9 Å². The molecule has 0 aliphatic rings. The van der Waals surface area contributed by atoms with Crippen LogP contribution in [0.4, 0.5) is 5.69 Å². The monoisotopic (exact) mass is 269 g/mol. The minimum atomic E-state index is 0.227. The summed E-state index contributed by atoms with van der Waals surface area (Å²) in [7, 11) is 2.12. The number of anilines is 1.